The Morgan fingerprint density at radius 2 is 1.74 bits per heavy atom. The number of rotatable bonds is 6. The molecule has 2 aromatic rings. The Balaban J connectivity index is 1.55. The number of benzene rings is 1. The van der Waals surface area contributed by atoms with Crippen molar-refractivity contribution >= 4 is 5.78 Å². The highest BCUT2D eigenvalue weighted by Crippen LogP contribution is 2.49. The topological polar surface area (TPSA) is 86.0 Å². The van der Waals surface area contributed by atoms with Crippen molar-refractivity contribution < 1.29 is 23.8 Å². The van der Waals surface area contributed by atoms with Crippen LogP contribution in [0.2, 0.25) is 0 Å². The fourth-order valence-corrected chi connectivity index (χ4v) is 5.10. The van der Waals surface area contributed by atoms with Gasteiger partial charge in [0, 0.05) is 18.3 Å². The Morgan fingerprint density at radius 3 is 2.45 bits per heavy atom. The summed E-state index contributed by atoms with van der Waals surface area (Å²) in [5.41, 5.74) is 0.904. The van der Waals surface area contributed by atoms with Crippen LogP contribution in [-0.2, 0) is 9.47 Å². The molecule has 3 aliphatic rings. The third-order valence-corrected chi connectivity index (χ3v) is 6.77. The van der Waals surface area contributed by atoms with Crippen molar-refractivity contribution in [3.8, 4) is 5.75 Å². The van der Waals surface area contributed by atoms with Gasteiger partial charge in [0.25, 0.3) is 0 Å². The van der Waals surface area contributed by atoms with Gasteiger partial charge < -0.3 is 19.0 Å². The number of carbonyl (C=O) groups excluding carboxylic acids is 1. The molecule has 0 spiro atoms. The monoisotopic (exact) mass is 424 g/mol. The summed E-state index contributed by atoms with van der Waals surface area (Å²) in [6.07, 6.45) is 4.86. The lowest BCUT2D eigenvalue weighted by atomic mass is 9.85. The zero-order chi connectivity index (χ0) is 21.4. The molecule has 2 aliphatic carbocycles. The van der Waals surface area contributed by atoms with Crippen LogP contribution in [-0.4, -0.2) is 30.4 Å². The molecule has 1 aromatic heterocycles. The quantitative estimate of drug-likeness (QED) is 0.688. The van der Waals surface area contributed by atoms with Gasteiger partial charge >= 0.3 is 5.63 Å². The van der Waals surface area contributed by atoms with E-state index in [0.717, 1.165) is 24.8 Å². The largest absolute Gasteiger partial charge is 0.506 e. The second-order valence-corrected chi connectivity index (χ2v) is 8.88. The molecule has 31 heavy (non-hydrogen) atoms. The van der Waals surface area contributed by atoms with E-state index >= 15 is 0 Å². The fraction of sp³-hybridized carbons (Fsp3) is 0.520. The summed E-state index contributed by atoms with van der Waals surface area (Å²) >= 11 is 0. The first kappa shape index (κ1) is 20.5. The second-order valence-electron chi connectivity index (χ2n) is 8.88. The summed E-state index contributed by atoms with van der Waals surface area (Å²) in [6.45, 7) is 1.18. The molecule has 2 unspecified atom stereocenters. The predicted octanol–water partition coefficient (Wildman–Crippen LogP) is 4.49. The van der Waals surface area contributed by atoms with Gasteiger partial charge in [-0.25, -0.2) is 4.79 Å². The first-order chi connectivity index (χ1) is 15.1. The number of Topliss-reactive ketones (excluding diaryl/α,β-unsaturated/α-hetero) is 1. The van der Waals surface area contributed by atoms with E-state index in [2.05, 4.69) is 0 Å². The molecule has 1 saturated carbocycles. The maximum Gasteiger partial charge on any atom is 0.343 e. The van der Waals surface area contributed by atoms with E-state index in [0.29, 0.717) is 44.7 Å². The van der Waals surface area contributed by atoms with Crippen LogP contribution in [0.4, 0.5) is 0 Å². The first-order valence-corrected chi connectivity index (χ1v) is 11.3. The van der Waals surface area contributed by atoms with Crippen molar-refractivity contribution in [2.75, 3.05) is 13.2 Å². The minimum Gasteiger partial charge on any atom is -0.506 e. The zero-order valence-corrected chi connectivity index (χ0v) is 17.5. The molecule has 6 heteroatoms. The van der Waals surface area contributed by atoms with Gasteiger partial charge in [-0.1, -0.05) is 30.3 Å². The smallest absolute Gasteiger partial charge is 0.343 e. The van der Waals surface area contributed by atoms with E-state index in [1.807, 2.05) is 30.3 Å². The molecule has 1 saturated heterocycles. The van der Waals surface area contributed by atoms with Gasteiger partial charge in [-0.2, -0.15) is 0 Å². The lowest BCUT2D eigenvalue weighted by molar-refractivity contribution is -0.0491. The van der Waals surface area contributed by atoms with Crippen molar-refractivity contribution in [1.82, 2.24) is 0 Å². The Hall–Kier alpha value is -2.44. The van der Waals surface area contributed by atoms with Crippen LogP contribution >= 0.6 is 0 Å². The maximum absolute atomic E-state index is 13.2. The highest BCUT2D eigenvalue weighted by molar-refractivity contribution is 6.00. The van der Waals surface area contributed by atoms with Gasteiger partial charge in [0.2, 0.25) is 0 Å². The molecule has 1 aromatic carbocycles. The molecule has 2 heterocycles. The summed E-state index contributed by atoms with van der Waals surface area (Å²) in [5.74, 6) is -0.0549. The SMILES string of the molecule is O=C1CCCC(CCC2OCCO2)c2oc(=O)c(C(c3ccccc3)C3CC3)c(O)c21. The van der Waals surface area contributed by atoms with Crippen molar-refractivity contribution in [3.63, 3.8) is 0 Å². The van der Waals surface area contributed by atoms with Gasteiger partial charge in [-0.3, -0.25) is 4.79 Å². The zero-order valence-electron chi connectivity index (χ0n) is 17.5. The van der Waals surface area contributed by atoms with E-state index in [4.69, 9.17) is 13.9 Å². The standard InChI is InChI=1S/C25H28O6/c26-18-8-4-7-17(11-12-19-29-13-14-30-19)24-21(18)23(27)22(25(28)31-24)20(16-9-10-16)15-5-2-1-3-6-15/h1-3,5-6,16-17,19-20,27H,4,7-14H2. The molecule has 5 rings (SSSR count). The average Bonchev–Trinajstić information content (AvgIpc) is 3.50. The van der Waals surface area contributed by atoms with E-state index in [1.165, 1.54) is 0 Å². The Morgan fingerprint density at radius 1 is 1.00 bits per heavy atom. The number of hydrogen-bond donors (Lipinski definition) is 1. The predicted molar refractivity (Wildman–Crippen MR) is 114 cm³/mol. The van der Waals surface area contributed by atoms with Crippen molar-refractivity contribution in [3.05, 3.63) is 63.2 Å². The molecule has 1 aliphatic heterocycles. The summed E-state index contributed by atoms with van der Waals surface area (Å²) in [5, 5.41) is 11.3. The molecule has 2 atom stereocenters. The summed E-state index contributed by atoms with van der Waals surface area (Å²) in [4.78, 5) is 26.2. The van der Waals surface area contributed by atoms with E-state index < -0.39 is 5.63 Å². The number of aromatic hydroxyl groups is 1. The lowest BCUT2D eigenvalue weighted by Crippen LogP contribution is -2.20. The van der Waals surface area contributed by atoms with E-state index in [9.17, 15) is 14.7 Å². The molecule has 0 radical (unpaired) electrons. The number of ether oxygens (including phenoxy) is 2. The first-order valence-electron chi connectivity index (χ1n) is 11.3. The van der Waals surface area contributed by atoms with Crippen LogP contribution < -0.4 is 5.63 Å². The summed E-state index contributed by atoms with van der Waals surface area (Å²) in [7, 11) is 0. The summed E-state index contributed by atoms with van der Waals surface area (Å²) < 4.78 is 16.9. The second kappa shape index (κ2) is 8.60. The van der Waals surface area contributed by atoms with Crippen LogP contribution in [0.1, 0.15) is 84.0 Å². The number of carbonyl (C=O) groups is 1. The van der Waals surface area contributed by atoms with Gasteiger partial charge in [0.15, 0.2) is 12.1 Å². The molecular weight excluding hydrogens is 396 g/mol. The number of ketones is 1. The molecule has 0 amide bonds. The molecule has 6 nitrogen and oxygen atoms in total. The van der Waals surface area contributed by atoms with Crippen molar-refractivity contribution in [2.24, 2.45) is 5.92 Å². The third kappa shape index (κ3) is 4.06. The van der Waals surface area contributed by atoms with Gasteiger partial charge in [0.05, 0.1) is 24.3 Å². The number of fused-ring (bicyclic) bond motifs is 1. The molecule has 164 valence electrons. The molecule has 2 fully saturated rings. The Labute approximate surface area is 181 Å². The normalized spacial score (nSPS) is 22.8. The highest BCUT2D eigenvalue weighted by Gasteiger charge is 2.40. The maximum atomic E-state index is 13.2. The third-order valence-electron chi connectivity index (χ3n) is 6.77. The minimum atomic E-state index is -0.523. The van der Waals surface area contributed by atoms with E-state index in [1.54, 1.807) is 0 Å². The van der Waals surface area contributed by atoms with Crippen LogP contribution in [0.3, 0.4) is 0 Å². The van der Waals surface area contributed by atoms with Crippen molar-refractivity contribution in [2.45, 2.75) is 63.1 Å². The van der Waals surface area contributed by atoms with Crippen LogP contribution in [0, 0.1) is 5.92 Å². The van der Waals surface area contributed by atoms with Gasteiger partial charge in [-0.15, -0.1) is 0 Å². The van der Waals surface area contributed by atoms with Crippen LogP contribution in [0.5, 0.6) is 5.75 Å². The Bertz CT molecular complexity index is 1000. The van der Waals surface area contributed by atoms with E-state index in [-0.39, 0.29) is 46.7 Å². The van der Waals surface area contributed by atoms with Crippen LogP contribution in [0.15, 0.2) is 39.5 Å². The summed E-state index contributed by atoms with van der Waals surface area (Å²) in [6, 6.07) is 9.74. The van der Waals surface area contributed by atoms with Crippen molar-refractivity contribution in [1.29, 1.82) is 0 Å². The van der Waals surface area contributed by atoms with Crippen LogP contribution in [0.25, 0.3) is 0 Å². The van der Waals surface area contributed by atoms with Gasteiger partial charge in [-0.05, 0) is 50.0 Å². The fourth-order valence-electron chi connectivity index (χ4n) is 5.10. The highest BCUT2D eigenvalue weighted by atomic mass is 16.7. The number of hydrogen-bond acceptors (Lipinski definition) is 6. The minimum absolute atomic E-state index is 0.113. The molecular formula is C25H28O6. The molecule has 1 N–H and O–H groups in total. The lowest BCUT2D eigenvalue weighted by Gasteiger charge is -2.22. The Kier molecular flexibility index (Phi) is 5.67. The average molecular weight is 424 g/mol. The molecule has 0 bridgehead atoms. The van der Waals surface area contributed by atoms with Gasteiger partial charge in [0.1, 0.15) is 11.5 Å².